The molecule has 0 spiro atoms. The minimum Gasteiger partial charge on any atom is -0.497 e. The molecule has 1 amide bonds. The Kier molecular flexibility index (Phi) is 6.88. The Morgan fingerprint density at radius 3 is 2.38 bits per heavy atom. The third kappa shape index (κ3) is 5.19. The summed E-state index contributed by atoms with van der Waals surface area (Å²) < 4.78 is 5.08. The van der Waals surface area contributed by atoms with Gasteiger partial charge in [-0.05, 0) is 44.2 Å². The molecule has 5 nitrogen and oxygen atoms in total. The van der Waals surface area contributed by atoms with Crippen LogP contribution in [0, 0.1) is 0 Å². The zero-order valence-electron chi connectivity index (χ0n) is 13.0. The molecule has 1 atom stereocenters. The normalized spacial score (nSPS) is 12.2. The van der Waals surface area contributed by atoms with Crippen molar-refractivity contribution in [1.29, 1.82) is 0 Å². The van der Waals surface area contributed by atoms with E-state index in [0.717, 1.165) is 12.8 Å². The molecular weight excluding hydrogens is 268 g/mol. The van der Waals surface area contributed by atoms with Gasteiger partial charge in [0.15, 0.2) is 5.78 Å². The van der Waals surface area contributed by atoms with Gasteiger partial charge in [0.1, 0.15) is 5.75 Å². The van der Waals surface area contributed by atoms with Crippen LogP contribution in [-0.2, 0) is 4.79 Å². The van der Waals surface area contributed by atoms with Crippen molar-refractivity contribution >= 4 is 11.7 Å². The molecule has 0 fully saturated rings. The lowest BCUT2D eigenvalue weighted by Crippen LogP contribution is -2.44. The maximum Gasteiger partial charge on any atom is 0.231 e. The smallest absolute Gasteiger partial charge is 0.231 e. The van der Waals surface area contributed by atoms with Crippen molar-refractivity contribution in [2.75, 3.05) is 20.2 Å². The summed E-state index contributed by atoms with van der Waals surface area (Å²) in [6.07, 6.45) is 1.92. The minimum absolute atomic E-state index is 0.0185. The zero-order valence-corrected chi connectivity index (χ0v) is 13.0. The first-order chi connectivity index (χ1) is 9.99. The minimum atomic E-state index is -0.416. The predicted octanol–water partition coefficient (Wildman–Crippen LogP) is 1.85. The summed E-state index contributed by atoms with van der Waals surface area (Å²) in [6, 6.07) is 6.60. The number of benzene rings is 1. The number of amides is 1. The number of hydrogen-bond acceptors (Lipinski definition) is 4. The lowest BCUT2D eigenvalue weighted by Gasteiger charge is -2.26. The van der Waals surface area contributed by atoms with Crippen LogP contribution < -0.4 is 10.5 Å². The highest BCUT2D eigenvalue weighted by atomic mass is 16.5. The van der Waals surface area contributed by atoms with Crippen molar-refractivity contribution in [3.05, 3.63) is 29.8 Å². The van der Waals surface area contributed by atoms with E-state index in [1.54, 1.807) is 31.4 Å². The summed E-state index contributed by atoms with van der Waals surface area (Å²) in [5, 5.41) is 0. The number of Topliss-reactive ketones (excluding diaryl/α,β-unsaturated/α-hetero) is 1. The number of primary amides is 1. The van der Waals surface area contributed by atoms with Crippen LogP contribution >= 0.6 is 0 Å². The maximum absolute atomic E-state index is 12.5. The van der Waals surface area contributed by atoms with Gasteiger partial charge in [-0.25, -0.2) is 0 Å². The number of nitrogens with zero attached hydrogens (tertiary/aromatic N) is 1. The molecule has 1 unspecified atom stereocenters. The fourth-order valence-electron chi connectivity index (χ4n) is 2.13. The van der Waals surface area contributed by atoms with Gasteiger partial charge in [0, 0.05) is 5.56 Å². The molecule has 0 radical (unpaired) electrons. The molecule has 116 valence electrons. The number of hydrogen-bond donors (Lipinski definition) is 1. The first-order valence-corrected chi connectivity index (χ1v) is 7.20. The molecule has 5 heteroatoms. The topological polar surface area (TPSA) is 72.6 Å². The Balaban J connectivity index is 2.81. The van der Waals surface area contributed by atoms with Crippen LogP contribution in [0.5, 0.6) is 5.75 Å². The summed E-state index contributed by atoms with van der Waals surface area (Å²) >= 11 is 0. The second-order valence-electron chi connectivity index (χ2n) is 5.06. The van der Waals surface area contributed by atoms with Crippen molar-refractivity contribution in [1.82, 2.24) is 4.90 Å². The van der Waals surface area contributed by atoms with E-state index >= 15 is 0 Å². The van der Waals surface area contributed by atoms with Crippen LogP contribution in [0.25, 0.3) is 0 Å². The van der Waals surface area contributed by atoms with Crippen molar-refractivity contribution in [3.63, 3.8) is 0 Å². The second-order valence-corrected chi connectivity index (χ2v) is 5.06. The number of ether oxygens (including phenoxy) is 1. The molecule has 0 heterocycles. The van der Waals surface area contributed by atoms with Crippen molar-refractivity contribution in [3.8, 4) is 5.75 Å². The fraction of sp³-hybridized carbons (Fsp3) is 0.500. The molecule has 0 aromatic heterocycles. The van der Waals surface area contributed by atoms with E-state index in [1.165, 1.54) is 0 Å². The third-order valence-corrected chi connectivity index (χ3v) is 3.46. The molecule has 0 bridgehead atoms. The van der Waals surface area contributed by atoms with E-state index in [2.05, 4.69) is 6.92 Å². The maximum atomic E-state index is 12.5. The highest BCUT2D eigenvalue weighted by Crippen LogP contribution is 2.15. The molecule has 0 aliphatic carbocycles. The Hall–Kier alpha value is -1.88. The Morgan fingerprint density at radius 1 is 1.29 bits per heavy atom. The van der Waals surface area contributed by atoms with Crippen LogP contribution in [0.15, 0.2) is 24.3 Å². The monoisotopic (exact) mass is 292 g/mol. The summed E-state index contributed by atoms with van der Waals surface area (Å²) in [7, 11) is 1.58. The van der Waals surface area contributed by atoms with Crippen LogP contribution in [0.1, 0.15) is 37.0 Å². The predicted molar refractivity (Wildman–Crippen MR) is 82.5 cm³/mol. The van der Waals surface area contributed by atoms with Gasteiger partial charge >= 0.3 is 0 Å². The van der Waals surface area contributed by atoms with E-state index in [-0.39, 0.29) is 18.4 Å². The average molecular weight is 292 g/mol. The number of carbonyl (C=O) groups excluding carboxylic acids is 2. The summed E-state index contributed by atoms with van der Waals surface area (Å²) in [5.41, 5.74) is 5.88. The van der Waals surface area contributed by atoms with Gasteiger partial charge in [0.2, 0.25) is 5.91 Å². The van der Waals surface area contributed by atoms with Gasteiger partial charge in [-0.15, -0.1) is 0 Å². The number of rotatable bonds is 9. The Bertz CT molecular complexity index is 471. The van der Waals surface area contributed by atoms with Gasteiger partial charge < -0.3 is 10.5 Å². The summed E-state index contributed by atoms with van der Waals surface area (Å²) in [4.78, 5) is 25.5. The van der Waals surface area contributed by atoms with Crippen LogP contribution in [-0.4, -0.2) is 42.8 Å². The highest BCUT2D eigenvalue weighted by molar-refractivity contribution is 6.00. The lowest BCUT2D eigenvalue weighted by atomic mass is 10.0. The molecular formula is C16H24N2O3. The standard InChI is InChI=1S/C16H24N2O3/c1-4-5-10-18(11-15(17)19)12(2)16(20)13-6-8-14(21-3)9-7-13/h6-9,12H,4-5,10-11H2,1-3H3,(H2,17,19). The molecule has 1 aromatic carbocycles. The van der Waals surface area contributed by atoms with E-state index < -0.39 is 5.91 Å². The van der Waals surface area contributed by atoms with E-state index in [1.807, 2.05) is 11.8 Å². The molecule has 21 heavy (non-hydrogen) atoms. The van der Waals surface area contributed by atoms with Crippen LogP contribution in [0.2, 0.25) is 0 Å². The van der Waals surface area contributed by atoms with E-state index in [4.69, 9.17) is 10.5 Å². The van der Waals surface area contributed by atoms with Gasteiger partial charge in [-0.3, -0.25) is 14.5 Å². The van der Waals surface area contributed by atoms with Crippen LogP contribution in [0.4, 0.5) is 0 Å². The molecule has 0 aliphatic rings. The molecule has 0 saturated carbocycles. The number of methoxy groups -OCH3 is 1. The number of carbonyl (C=O) groups is 2. The number of nitrogens with two attached hydrogens (primary N) is 1. The summed E-state index contributed by atoms with van der Waals surface area (Å²) in [6.45, 7) is 4.66. The molecule has 1 rings (SSSR count). The highest BCUT2D eigenvalue weighted by Gasteiger charge is 2.23. The largest absolute Gasteiger partial charge is 0.497 e. The van der Waals surface area contributed by atoms with Gasteiger partial charge in [-0.2, -0.15) is 0 Å². The first-order valence-electron chi connectivity index (χ1n) is 7.20. The SMILES string of the molecule is CCCCN(CC(N)=O)C(C)C(=O)c1ccc(OC)cc1. The van der Waals surface area contributed by atoms with Gasteiger partial charge in [0.25, 0.3) is 0 Å². The first kappa shape index (κ1) is 17.2. The van der Waals surface area contributed by atoms with Crippen LogP contribution in [0.3, 0.4) is 0 Å². The second kappa shape index (κ2) is 8.42. The van der Waals surface area contributed by atoms with Crippen molar-refractivity contribution in [2.24, 2.45) is 5.73 Å². The van der Waals surface area contributed by atoms with E-state index in [9.17, 15) is 9.59 Å². The quantitative estimate of drug-likeness (QED) is 0.705. The Labute approximate surface area is 126 Å². The fourth-order valence-corrected chi connectivity index (χ4v) is 2.13. The van der Waals surface area contributed by atoms with Gasteiger partial charge in [0.05, 0.1) is 19.7 Å². The Morgan fingerprint density at radius 2 is 1.90 bits per heavy atom. The number of ketones is 1. The van der Waals surface area contributed by atoms with Crippen molar-refractivity contribution < 1.29 is 14.3 Å². The number of unbranched alkanes of at least 4 members (excludes halogenated alkanes) is 1. The summed E-state index contributed by atoms with van der Waals surface area (Å²) in [5.74, 6) is 0.273. The molecule has 0 aliphatic heterocycles. The third-order valence-electron chi connectivity index (χ3n) is 3.46. The van der Waals surface area contributed by atoms with Gasteiger partial charge in [-0.1, -0.05) is 13.3 Å². The zero-order chi connectivity index (χ0) is 15.8. The van der Waals surface area contributed by atoms with Crippen molar-refractivity contribution in [2.45, 2.75) is 32.7 Å². The van der Waals surface area contributed by atoms with E-state index in [0.29, 0.717) is 17.9 Å². The molecule has 2 N–H and O–H groups in total. The average Bonchev–Trinajstić information content (AvgIpc) is 2.49. The molecule has 0 saturated heterocycles. The molecule has 1 aromatic rings. The lowest BCUT2D eigenvalue weighted by molar-refractivity contribution is -0.119.